The number of hydrogen-bond acceptors (Lipinski definition) is 2. The molecule has 6 heteroatoms. The van der Waals surface area contributed by atoms with E-state index in [0.29, 0.717) is 35.5 Å². The highest BCUT2D eigenvalue weighted by atomic mass is 79.9. The number of fused-ring (bicyclic) bond motifs is 1. The first kappa shape index (κ1) is 15.7. The molecule has 1 atom stereocenters. The second-order valence-corrected chi connectivity index (χ2v) is 5.83. The van der Waals surface area contributed by atoms with Crippen LogP contribution in [0.4, 0.5) is 4.39 Å². The topological polar surface area (TPSA) is 27.1 Å². The highest BCUT2D eigenvalue weighted by molar-refractivity contribution is 9.10. The summed E-state index contributed by atoms with van der Waals surface area (Å²) >= 11 is 9.07. The Morgan fingerprint density at radius 1 is 1.50 bits per heavy atom. The van der Waals surface area contributed by atoms with Crippen molar-refractivity contribution in [2.24, 2.45) is 0 Å². The second kappa shape index (κ2) is 6.87. The quantitative estimate of drug-likeness (QED) is 0.715. The van der Waals surface area contributed by atoms with Gasteiger partial charge in [-0.3, -0.25) is 0 Å². The summed E-state index contributed by atoms with van der Waals surface area (Å²) in [6.07, 6.45) is 0.645. The van der Waals surface area contributed by atoms with Crippen molar-refractivity contribution < 1.29 is 9.13 Å². The molecule has 1 aromatic heterocycles. The van der Waals surface area contributed by atoms with Gasteiger partial charge in [-0.15, -0.1) is 11.6 Å². The molecule has 1 aromatic carbocycles. The smallest absolute Gasteiger partial charge is 0.139 e. The third-order valence-corrected chi connectivity index (χ3v) is 3.92. The summed E-state index contributed by atoms with van der Waals surface area (Å²) in [4.78, 5) is 4.50. The normalized spacial score (nSPS) is 13.1. The molecule has 1 heterocycles. The maximum absolute atomic E-state index is 13.6. The van der Waals surface area contributed by atoms with Crippen LogP contribution in [-0.2, 0) is 11.2 Å². The lowest BCUT2D eigenvalue weighted by Gasteiger charge is -2.17. The molecule has 0 N–H and O–H groups in total. The lowest BCUT2D eigenvalue weighted by Crippen LogP contribution is -2.15. The fourth-order valence-corrected chi connectivity index (χ4v) is 2.76. The zero-order valence-corrected chi connectivity index (χ0v) is 13.8. The van der Waals surface area contributed by atoms with Crippen molar-refractivity contribution in [1.29, 1.82) is 0 Å². The van der Waals surface area contributed by atoms with Crippen LogP contribution in [0.25, 0.3) is 11.0 Å². The number of hydrogen-bond donors (Lipinski definition) is 0. The van der Waals surface area contributed by atoms with Gasteiger partial charge in [0.15, 0.2) is 0 Å². The molecule has 1 unspecified atom stereocenters. The van der Waals surface area contributed by atoms with Crippen LogP contribution in [0.5, 0.6) is 0 Å². The molecule has 0 saturated heterocycles. The molecule has 20 heavy (non-hydrogen) atoms. The third-order valence-electron chi connectivity index (χ3n) is 3.13. The van der Waals surface area contributed by atoms with E-state index in [0.717, 1.165) is 11.3 Å². The number of alkyl halides is 1. The van der Waals surface area contributed by atoms with Crippen LogP contribution in [0.1, 0.15) is 25.7 Å². The summed E-state index contributed by atoms with van der Waals surface area (Å²) in [6, 6.07) is 3.33. The monoisotopic (exact) mass is 362 g/mol. The number of benzene rings is 1. The Labute approximate surface area is 131 Å². The number of nitrogens with zero attached hydrogens (tertiary/aromatic N) is 2. The molecule has 110 valence electrons. The van der Waals surface area contributed by atoms with Crippen molar-refractivity contribution in [2.75, 3.05) is 19.1 Å². The molecule has 0 fully saturated rings. The maximum atomic E-state index is 13.6. The van der Waals surface area contributed by atoms with Crippen molar-refractivity contribution >= 4 is 38.6 Å². The number of halogens is 3. The summed E-state index contributed by atoms with van der Waals surface area (Å²) in [5.74, 6) is 1.03. The predicted molar refractivity (Wildman–Crippen MR) is 83.0 cm³/mol. The van der Waals surface area contributed by atoms with Crippen molar-refractivity contribution in [2.45, 2.75) is 26.3 Å². The molecule has 0 aliphatic carbocycles. The summed E-state index contributed by atoms with van der Waals surface area (Å²) < 4.78 is 21.6. The Hall–Kier alpha value is -0.650. The third kappa shape index (κ3) is 3.15. The Kier molecular flexibility index (Phi) is 5.41. The van der Waals surface area contributed by atoms with Gasteiger partial charge in [-0.1, -0.05) is 0 Å². The summed E-state index contributed by atoms with van der Waals surface area (Å²) in [7, 11) is 0. The van der Waals surface area contributed by atoms with E-state index < -0.39 is 0 Å². The van der Waals surface area contributed by atoms with Crippen molar-refractivity contribution in [3.8, 4) is 0 Å². The zero-order chi connectivity index (χ0) is 14.7. The van der Waals surface area contributed by atoms with Crippen molar-refractivity contribution in [3.05, 3.63) is 28.2 Å². The van der Waals surface area contributed by atoms with E-state index in [1.807, 2.05) is 6.92 Å². The number of rotatable bonds is 6. The van der Waals surface area contributed by atoms with Crippen molar-refractivity contribution in [1.82, 2.24) is 9.55 Å². The standard InChI is InChI=1S/C14H17BrClFN2O/c1-3-20-8-9(2)19-13-6-10(15)11(17)7-12(13)18-14(19)4-5-16/h6-7,9H,3-5,8H2,1-2H3. The van der Waals surface area contributed by atoms with Gasteiger partial charge >= 0.3 is 0 Å². The predicted octanol–water partition coefficient (Wildman–Crippen LogP) is 4.32. The molecule has 0 amide bonds. The minimum absolute atomic E-state index is 0.121. The molecule has 0 radical (unpaired) electrons. The average molecular weight is 364 g/mol. The number of imidazole rings is 1. The van der Waals surface area contributed by atoms with Crippen molar-refractivity contribution in [3.63, 3.8) is 0 Å². The molecule has 3 nitrogen and oxygen atoms in total. The van der Waals surface area contributed by atoms with Gasteiger partial charge in [0.1, 0.15) is 11.6 Å². The molecule has 2 aromatic rings. The molecule has 0 bridgehead atoms. The lowest BCUT2D eigenvalue weighted by molar-refractivity contribution is 0.119. The first-order valence-electron chi connectivity index (χ1n) is 6.58. The minimum atomic E-state index is -0.308. The fraction of sp³-hybridized carbons (Fsp3) is 0.500. The maximum Gasteiger partial charge on any atom is 0.139 e. The fourth-order valence-electron chi connectivity index (χ4n) is 2.26. The first-order chi connectivity index (χ1) is 9.58. The van der Waals surface area contributed by atoms with Gasteiger partial charge in [0.05, 0.1) is 28.2 Å². The zero-order valence-electron chi connectivity index (χ0n) is 11.5. The highest BCUT2D eigenvalue weighted by Gasteiger charge is 2.17. The van der Waals surface area contributed by atoms with E-state index in [4.69, 9.17) is 16.3 Å². The van der Waals surface area contributed by atoms with Gasteiger partial charge in [-0.05, 0) is 35.8 Å². The van der Waals surface area contributed by atoms with Crippen LogP contribution in [0.15, 0.2) is 16.6 Å². The number of aromatic nitrogens is 2. The van der Waals surface area contributed by atoms with E-state index in [2.05, 4.69) is 32.4 Å². The van der Waals surface area contributed by atoms with Gasteiger partial charge in [-0.2, -0.15) is 0 Å². The van der Waals surface area contributed by atoms with Crippen LogP contribution in [0, 0.1) is 5.82 Å². The van der Waals surface area contributed by atoms with Crippen LogP contribution in [0.3, 0.4) is 0 Å². The van der Waals surface area contributed by atoms with Gasteiger partial charge in [0.25, 0.3) is 0 Å². The Bertz CT molecular complexity index is 602. The van der Waals surface area contributed by atoms with Gasteiger partial charge < -0.3 is 9.30 Å². The Morgan fingerprint density at radius 2 is 2.25 bits per heavy atom. The van der Waals surface area contributed by atoms with Crippen LogP contribution < -0.4 is 0 Å². The van der Waals surface area contributed by atoms with Crippen LogP contribution >= 0.6 is 27.5 Å². The molecule has 0 aliphatic heterocycles. The van der Waals surface area contributed by atoms with E-state index in [9.17, 15) is 4.39 Å². The first-order valence-corrected chi connectivity index (χ1v) is 7.90. The van der Waals surface area contributed by atoms with E-state index in [-0.39, 0.29) is 11.9 Å². The van der Waals surface area contributed by atoms with Crippen LogP contribution in [0.2, 0.25) is 0 Å². The summed E-state index contributed by atoms with van der Waals surface area (Å²) in [6.45, 7) is 5.28. The van der Waals surface area contributed by atoms with Crippen LogP contribution in [-0.4, -0.2) is 28.6 Å². The minimum Gasteiger partial charge on any atom is -0.380 e. The SMILES string of the molecule is CCOCC(C)n1c(CCCl)nc2cc(F)c(Br)cc21. The Balaban J connectivity index is 2.52. The lowest BCUT2D eigenvalue weighted by atomic mass is 10.2. The molecule has 0 aliphatic rings. The molecule has 0 saturated carbocycles. The van der Waals surface area contributed by atoms with E-state index in [1.54, 1.807) is 6.07 Å². The molecule has 2 rings (SSSR count). The molecular formula is C14H17BrClFN2O. The Morgan fingerprint density at radius 3 is 2.90 bits per heavy atom. The summed E-state index contributed by atoms with van der Waals surface area (Å²) in [5, 5.41) is 0. The average Bonchev–Trinajstić information content (AvgIpc) is 2.74. The second-order valence-electron chi connectivity index (χ2n) is 4.60. The molecule has 0 spiro atoms. The van der Waals surface area contributed by atoms with E-state index in [1.165, 1.54) is 6.07 Å². The molecular weight excluding hydrogens is 347 g/mol. The van der Waals surface area contributed by atoms with E-state index >= 15 is 0 Å². The largest absolute Gasteiger partial charge is 0.380 e. The van der Waals surface area contributed by atoms with Gasteiger partial charge in [0, 0.05) is 25.0 Å². The highest BCUT2D eigenvalue weighted by Crippen LogP contribution is 2.27. The summed E-state index contributed by atoms with van der Waals surface area (Å²) in [5.41, 5.74) is 1.54. The number of aryl methyl sites for hydroxylation is 1. The number of ether oxygens (including phenoxy) is 1. The van der Waals surface area contributed by atoms with Gasteiger partial charge in [0.2, 0.25) is 0 Å². The van der Waals surface area contributed by atoms with Gasteiger partial charge in [-0.25, -0.2) is 9.37 Å².